The molecule has 0 radical (unpaired) electrons. The van der Waals surface area contributed by atoms with Gasteiger partial charge < -0.3 is 5.32 Å². The van der Waals surface area contributed by atoms with Crippen molar-refractivity contribution in [2.24, 2.45) is 0 Å². The zero-order chi connectivity index (χ0) is 19.6. The van der Waals surface area contributed by atoms with Gasteiger partial charge in [0.1, 0.15) is 0 Å². The lowest BCUT2D eigenvalue weighted by molar-refractivity contribution is -0.387. The van der Waals surface area contributed by atoms with Crippen LogP contribution in [0.15, 0.2) is 41.3 Å². The first-order valence-corrected chi connectivity index (χ1v) is 8.83. The molecule has 0 saturated heterocycles. The molecular formula is C15H13ClFN3O5S. The number of sulfonamides is 1. The molecule has 0 bridgehead atoms. The van der Waals surface area contributed by atoms with Crippen LogP contribution in [0.3, 0.4) is 0 Å². The number of hydrogen-bond acceptors (Lipinski definition) is 5. The van der Waals surface area contributed by atoms with Crippen LogP contribution < -0.4 is 5.32 Å². The lowest BCUT2D eigenvalue weighted by Crippen LogP contribution is -2.23. The van der Waals surface area contributed by atoms with E-state index in [-0.39, 0.29) is 21.2 Å². The first-order valence-electron chi connectivity index (χ1n) is 7.01. The van der Waals surface area contributed by atoms with Crippen molar-refractivity contribution in [1.82, 2.24) is 4.31 Å². The number of nitrogens with zero attached hydrogens (tertiary/aromatic N) is 2. The van der Waals surface area contributed by atoms with Crippen LogP contribution >= 0.6 is 11.6 Å². The van der Waals surface area contributed by atoms with E-state index >= 15 is 0 Å². The van der Waals surface area contributed by atoms with Gasteiger partial charge in [-0.2, -0.15) is 4.39 Å². The van der Waals surface area contributed by atoms with Crippen LogP contribution in [0.25, 0.3) is 0 Å². The Balaban J connectivity index is 2.39. The summed E-state index contributed by atoms with van der Waals surface area (Å²) < 4.78 is 38.7. The zero-order valence-corrected chi connectivity index (χ0v) is 15.1. The Bertz CT molecular complexity index is 995. The first kappa shape index (κ1) is 19.8. The van der Waals surface area contributed by atoms with E-state index in [9.17, 15) is 27.7 Å². The molecule has 2 aromatic rings. The first-order chi connectivity index (χ1) is 12.0. The van der Waals surface area contributed by atoms with Gasteiger partial charge >= 0.3 is 5.69 Å². The fourth-order valence-corrected chi connectivity index (χ4v) is 3.11. The van der Waals surface area contributed by atoms with Gasteiger partial charge in [0.15, 0.2) is 0 Å². The predicted octanol–water partition coefficient (Wildman–Crippen LogP) is 2.89. The highest BCUT2D eigenvalue weighted by molar-refractivity contribution is 7.89. The van der Waals surface area contributed by atoms with Crippen LogP contribution in [0.4, 0.5) is 15.8 Å². The highest BCUT2D eigenvalue weighted by atomic mass is 35.5. The van der Waals surface area contributed by atoms with E-state index < -0.39 is 32.4 Å². The maximum Gasteiger partial charge on any atom is 0.306 e. The van der Waals surface area contributed by atoms with Gasteiger partial charge in [0.05, 0.1) is 20.4 Å². The number of benzene rings is 2. The molecule has 2 aromatic carbocycles. The third-order valence-electron chi connectivity index (χ3n) is 3.36. The topological polar surface area (TPSA) is 110 Å². The summed E-state index contributed by atoms with van der Waals surface area (Å²) in [5.41, 5.74) is -1.00. The normalized spacial score (nSPS) is 11.4. The quantitative estimate of drug-likeness (QED) is 0.611. The average molecular weight is 402 g/mol. The molecule has 0 aromatic heterocycles. The number of nitro groups is 1. The Hall–Kier alpha value is -2.56. The molecule has 0 saturated carbocycles. The van der Waals surface area contributed by atoms with Gasteiger partial charge in [-0.15, -0.1) is 0 Å². The molecule has 0 heterocycles. The van der Waals surface area contributed by atoms with Gasteiger partial charge in [-0.3, -0.25) is 14.9 Å². The molecule has 0 spiro atoms. The van der Waals surface area contributed by atoms with Crippen molar-refractivity contribution >= 4 is 38.9 Å². The summed E-state index contributed by atoms with van der Waals surface area (Å²) in [7, 11) is -1.12. The van der Waals surface area contributed by atoms with Crippen molar-refractivity contribution in [1.29, 1.82) is 0 Å². The highest BCUT2D eigenvalue weighted by Crippen LogP contribution is 2.25. The Morgan fingerprint density at radius 2 is 1.88 bits per heavy atom. The van der Waals surface area contributed by atoms with Crippen molar-refractivity contribution in [3.63, 3.8) is 0 Å². The molecule has 1 amide bonds. The Morgan fingerprint density at radius 3 is 2.46 bits per heavy atom. The van der Waals surface area contributed by atoms with Gasteiger partial charge in [0.25, 0.3) is 5.91 Å². The van der Waals surface area contributed by atoms with E-state index in [2.05, 4.69) is 5.32 Å². The van der Waals surface area contributed by atoms with E-state index in [0.29, 0.717) is 0 Å². The fraction of sp³-hybridized carbons (Fsp3) is 0.133. The third kappa shape index (κ3) is 3.98. The minimum atomic E-state index is -3.79. The Morgan fingerprint density at radius 1 is 1.23 bits per heavy atom. The fourth-order valence-electron chi connectivity index (χ4n) is 1.98. The average Bonchev–Trinajstić information content (AvgIpc) is 2.56. The summed E-state index contributed by atoms with van der Waals surface area (Å²) in [4.78, 5) is 22.1. The number of hydrogen-bond donors (Lipinski definition) is 1. The van der Waals surface area contributed by atoms with Crippen molar-refractivity contribution in [3.05, 3.63) is 62.9 Å². The minimum Gasteiger partial charge on any atom is -0.322 e. The van der Waals surface area contributed by atoms with E-state index in [1.165, 1.54) is 26.2 Å². The summed E-state index contributed by atoms with van der Waals surface area (Å²) in [6.07, 6.45) is 0. The van der Waals surface area contributed by atoms with Crippen LogP contribution in [0.2, 0.25) is 5.02 Å². The standard InChI is InChI=1S/C15H13ClFN3O5S/c1-19(2)26(24,25)10-4-5-12(16)11(8-10)15(21)18-9-3-6-13(17)14(7-9)20(22)23/h3-8H,1-2H3,(H,18,21). The van der Waals surface area contributed by atoms with Gasteiger partial charge in [-0.25, -0.2) is 12.7 Å². The number of carbonyl (C=O) groups excluding carboxylic acids is 1. The van der Waals surface area contributed by atoms with Gasteiger partial charge in [-0.1, -0.05) is 11.6 Å². The minimum absolute atomic E-state index is 0.0168. The summed E-state index contributed by atoms with van der Waals surface area (Å²) in [6.45, 7) is 0. The number of carbonyl (C=O) groups is 1. The number of amides is 1. The SMILES string of the molecule is CN(C)S(=O)(=O)c1ccc(Cl)c(C(=O)Nc2ccc(F)c([N+](=O)[O-])c2)c1. The van der Waals surface area contributed by atoms with Gasteiger partial charge in [-0.05, 0) is 30.3 Å². The van der Waals surface area contributed by atoms with Gasteiger partial charge in [0.2, 0.25) is 15.8 Å². The molecule has 0 unspecified atom stereocenters. The second-order valence-corrected chi connectivity index (χ2v) is 7.87. The number of rotatable bonds is 5. The molecule has 1 N–H and O–H groups in total. The van der Waals surface area contributed by atoms with E-state index in [4.69, 9.17) is 11.6 Å². The van der Waals surface area contributed by atoms with Crippen molar-refractivity contribution < 1.29 is 22.5 Å². The van der Waals surface area contributed by atoms with Crippen LogP contribution in [0, 0.1) is 15.9 Å². The number of nitrogens with one attached hydrogen (secondary N) is 1. The van der Waals surface area contributed by atoms with Gasteiger partial charge in [0, 0.05) is 25.8 Å². The molecule has 0 aliphatic heterocycles. The molecule has 8 nitrogen and oxygen atoms in total. The maximum absolute atomic E-state index is 13.4. The number of halogens is 2. The molecule has 0 aliphatic carbocycles. The second kappa shape index (κ2) is 7.36. The monoisotopic (exact) mass is 401 g/mol. The van der Waals surface area contributed by atoms with Crippen LogP contribution in [0.5, 0.6) is 0 Å². The number of nitro benzene ring substituents is 1. The Labute approximate surface area is 153 Å². The molecule has 0 atom stereocenters. The van der Waals surface area contributed by atoms with Crippen LogP contribution in [-0.2, 0) is 10.0 Å². The lowest BCUT2D eigenvalue weighted by Gasteiger charge is -2.13. The molecule has 138 valence electrons. The molecule has 26 heavy (non-hydrogen) atoms. The summed E-state index contributed by atoms with van der Waals surface area (Å²) in [5.74, 6) is -1.85. The smallest absolute Gasteiger partial charge is 0.306 e. The molecular weight excluding hydrogens is 389 g/mol. The molecule has 0 fully saturated rings. The van der Waals surface area contributed by atoms with Crippen LogP contribution in [-0.4, -0.2) is 37.6 Å². The maximum atomic E-state index is 13.4. The molecule has 11 heteroatoms. The van der Waals surface area contributed by atoms with Crippen molar-refractivity contribution in [3.8, 4) is 0 Å². The largest absolute Gasteiger partial charge is 0.322 e. The van der Waals surface area contributed by atoms with E-state index in [1.807, 2.05) is 0 Å². The highest BCUT2D eigenvalue weighted by Gasteiger charge is 2.21. The summed E-state index contributed by atoms with van der Waals surface area (Å²) >= 11 is 5.96. The van der Waals surface area contributed by atoms with Crippen molar-refractivity contribution in [2.75, 3.05) is 19.4 Å². The Kier molecular flexibility index (Phi) is 5.59. The predicted molar refractivity (Wildman–Crippen MR) is 93.3 cm³/mol. The molecule has 2 rings (SSSR count). The van der Waals surface area contributed by atoms with Crippen molar-refractivity contribution in [2.45, 2.75) is 4.90 Å². The lowest BCUT2D eigenvalue weighted by atomic mass is 10.2. The van der Waals surface area contributed by atoms with Crippen LogP contribution in [0.1, 0.15) is 10.4 Å². The molecule has 0 aliphatic rings. The zero-order valence-electron chi connectivity index (χ0n) is 13.6. The van der Waals surface area contributed by atoms with E-state index in [0.717, 1.165) is 28.6 Å². The van der Waals surface area contributed by atoms with E-state index in [1.54, 1.807) is 0 Å². The summed E-state index contributed by atoms with van der Waals surface area (Å²) in [6, 6.07) is 6.40. The number of anilines is 1. The second-order valence-electron chi connectivity index (χ2n) is 5.31. The summed E-state index contributed by atoms with van der Waals surface area (Å²) in [5, 5.41) is 13.1. The third-order valence-corrected chi connectivity index (χ3v) is 5.50.